The largest absolute Gasteiger partial charge is 0.496 e. The molecule has 0 aliphatic carbocycles. The SMILES string of the molecule is CNCC=Cc1ccc(C(F)(F)F)cc1OC. The summed E-state index contributed by atoms with van der Waals surface area (Å²) in [6.07, 6.45) is -0.818. The van der Waals surface area contributed by atoms with Gasteiger partial charge in [-0.25, -0.2) is 0 Å². The monoisotopic (exact) mass is 245 g/mol. The zero-order valence-corrected chi connectivity index (χ0v) is 9.64. The second kappa shape index (κ2) is 5.72. The molecule has 0 saturated heterocycles. The fourth-order valence-electron chi connectivity index (χ4n) is 1.33. The number of rotatable bonds is 4. The van der Waals surface area contributed by atoms with Gasteiger partial charge in [0.05, 0.1) is 12.7 Å². The van der Waals surface area contributed by atoms with Crippen molar-refractivity contribution in [3.63, 3.8) is 0 Å². The Labute approximate surface area is 98.1 Å². The predicted octanol–water partition coefficient (Wildman–Crippen LogP) is 2.95. The second-order valence-corrected chi connectivity index (χ2v) is 3.41. The van der Waals surface area contributed by atoms with Crippen molar-refractivity contribution in [3.05, 3.63) is 35.4 Å². The minimum absolute atomic E-state index is 0.215. The molecule has 0 aromatic heterocycles. The Morgan fingerprint density at radius 1 is 1.35 bits per heavy atom. The van der Waals surface area contributed by atoms with Crippen molar-refractivity contribution in [1.82, 2.24) is 5.32 Å². The second-order valence-electron chi connectivity index (χ2n) is 3.41. The molecule has 1 aromatic carbocycles. The molecule has 0 bridgehead atoms. The lowest BCUT2D eigenvalue weighted by Gasteiger charge is -2.10. The van der Waals surface area contributed by atoms with Gasteiger partial charge in [0.2, 0.25) is 0 Å². The number of hydrogen-bond donors (Lipinski definition) is 1. The first kappa shape index (κ1) is 13.6. The number of alkyl halides is 3. The highest BCUT2D eigenvalue weighted by molar-refractivity contribution is 5.58. The Hall–Kier alpha value is -1.49. The highest BCUT2D eigenvalue weighted by atomic mass is 19.4. The molecule has 1 aromatic rings. The highest BCUT2D eigenvalue weighted by Crippen LogP contribution is 2.33. The maximum absolute atomic E-state index is 12.5. The van der Waals surface area contributed by atoms with Crippen LogP contribution in [0.2, 0.25) is 0 Å². The summed E-state index contributed by atoms with van der Waals surface area (Å²) in [4.78, 5) is 0. The third kappa shape index (κ3) is 3.78. The molecule has 0 heterocycles. The van der Waals surface area contributed by atoms with Crippen LogP contribution >= 0.6 is 0 Å². The van der Waals surface area contributed by atoms with E-state index >= 15 is 0 Å². The molecule has 94 valence electrons. The predicted molar refractivity (Wildman–Crippen MR) is 61.0 cm³/mol. The topological polar surface area (TPSA) is 21.3 Å². The molecular weight excluding hydrogens is 231 g/mol. The minimum Gasteiger partial charge on any atom is -0.496 e. The number of nitrogens with one attached hydrogen (secondary N) is 1. The summed E-state index contributed by atoms with van der Waals surface area (Å²) in [6.45, 7) is 0.643. The number of halogens is 3. The molecule has 0 saturated carbocycles. The number of hydrogen-bond acceptors (Lipinski definition) is 2. The molecular formula is C12H14F3NO. The van der Waals surface area contributed by atoms with Crippen LogP contribution < -0.4 is 10.1 Å². The Balaban J connectivity index is 3.01. The summed E-state index contributed by atoms with van der Waals surface area (Å²) in [6, 6.07) is 3.44. The van der Waals surface area contributed by atoms with Crippen molar-refractivity contribution >= 4 is 6.08 Å². The number of methoxy groups -OCH3 is 1. The fourth-order valence-corrected chi connectivity index (χ4v) is 1.33. The summed E-state index contributed by atoms with van der Waals surface area (Å²) in [5.74, 6) is 0.215. The van der Waals surface area contributed by atoms with E-state index in [1.54, 1.807) is 13.1 Å². The Kier molecular flexibility index (Phi) is 4.57. The van der Waals surface area contributed by atoms with E-state index in [4.69, 9.17) is 4.74 Å². The fraction of sp³-hybridized carbons (Fsp3) is 0.333. The standard InChI is InChI=1S/C12H14F3NO/c1-16-7-3-4-9-5-6-10(12(13,14)15)8-11(9)17-2/h3-6,8,16H,7H2,1-2H3. The van der Waals surface area contributed by atoms with E-state index in [1.165, 1.54) is 13.2 Å². The molecule has 0 aliphatic rings. The first-order chi connectivity index (χ1) is 7.99. The smallest absolute Gasteiger partial charge is 0.416 e. The molecule has 1 rings (SSSR count). The van der Waals surface area contributed by atoms with Gasteiger partial charge in [-0.2, -0.15) is 13.2 Å². The van der Waals surface area contributed by atoms with Gasteiger partial charge in [-0.15, -0.1) is 0 Å². The van der Waals surface area contributed by atoms with Crippen LogP contribution in [-0.4, -0.2) is 20.7 Å². The van der Waals surface area contributed by atoms with Crippen LogP contribution in [0.5, 0.6) is 5.75 Å². The van der Waals surface area contributed by atoms with E-state index in [2.05, 4.69) is 5.32 Å². The molecule has 5 heteroatoms. The van der Waals surface area contributed by atoms with Gasteiger partial charge in [-0.1, -0.05) is 18.2 Å². The lowest BCUT2D eigenvalue weighted by molar-refractivity contribution is -0.137. The van der Waals surface area contributed by atoms with Crippen LogP contribution in [-0.2, 0) is 6.18 Å². The zero-order chi connectivity index (χ0) is 12.9. The molecule has 0 aliphatic heterocycles. The van der Waals surface area contributed by atoms with Gasteiger partial charge in [0, 0.05) is 12.1 Å². The van der Waals surface area contributed by atoms with Crippen molar-refractivity contribution in [3.8, 4) is 5.75 Å². The van der Waals surface area contributed by atoms with Crippen molar-refractivity contribution in [2.75, 3.05) is 20.7 Å². The molecule has 0 radical (unpaired) electrons. The molecule has 2 nitrogen and oxygen atoms in total. The van der Waals surface area contributed by atoms with Gasteiger partial charge in [-0.3, -0.25) is 0 Å². The van der Waals surface area contributed by atoms with Gasteiger partial charge < -0.3 is 10.1 Å². The van der Waals surface area contributed by atoms with Crippen molar-refractivity contribution in [1.29, 1.82) is 0 Å². The van der Waals surface area contributed by atoms with Crippen LogP contribution in [0.3, 0.4) is 0 Å². The maximum Gasteiger partial charge on any atom is 0.416 e. The first-order valence-corrected chi connectivity index (χ1v) is 5.05. The average Bonchev–Trinajstić information content (AvgIpc) is 2.28. The van der Waals surface area contributed by atoms with Gasteiger partial charge in [0.15, 0.2) is 0 Å². The number of likely N-dealkylation sites (N-methyl/N-ethyl adjacent to an activating group) is 1. The van der Waals surface area contributed by atoms with E-state index in [9.17, 15) is 13.2 Å². The number of ether oxygens (including phenoxy) is 1. The Morgan fingerprint density at radius 3 is 2.59 bits per heavy atom. The third-order valence-corrected chi connectivity index (χ3v) is 2.18. The molecule has 17 heavy (non-hydrogen) atoms. The van der Waals surface area contributed by atoms with Crippen LogP contribution in [0, 0.1) is 0 Å². The van der Waals surface area contributed by atoms with Crippen molar-refractivity contribution in [2.45, 2.75) is 6.18 Å². The Bertz CT molecular complexity index is 399. The summed E-state index contributed by atoms with van der Waals surface area (Å²) in [5, 5.41) is 2.90. The van der Waals surface area contributed by atoms with Crippen LogP contribution in [0.25, 0.3) is 6.08 Å². The molecule has 0 unspecified atom stereocenters. The summed E-state index contributed by atoms with van der Waals surface area (Å²) < 4.78 is 42.3. The molecule has 0 amide bonds. The highest BCUT2D eigenvalue weighted by Gasteiger charge is 2.31. The molecule has 0 spiro atoms. The first-order valence-electron chi connectivity index (χ1n) is 5.05. The summed E-state index contributed by atoms with van der Waals surface area (Å²) in [7, 11) is 3.14. The van der Waals surface area contributed by atoms with E-state index in [1.807, 2.05) is 6.08 Å². The summed E-state index contributed by atoms with van der Waals surface area (Å²) in [5.41, 5.74) is -0.0872. The van der Waals surface area contributed by atoms with Crippen LogP contribution in [0.1, 0.15) is 11.1 Å². The van der Waals surface area contributed by atoms with E-state index in [0.717, 1.165) is 12.1 Å². The molecule has 1 N–H and O–H groups in total. The van der Waals surface area contributed by atoms with Crippen LogP contribution in [0.4, 0.5) is 13.2 Å². The van der Waals surface area contributed by atoms with Crippen molar-refractivity contribution in [2.24, 2.45) is 0 Å². The van der Waals surface area contributed by atoms with Gasteiger partial charge >= 0.3 is 6.18 Å². The van der Waals surface area contributed by atoms with E-state index in [0.29, 0.717) is 12.1 Å². The maximum atomic E-state index is 12.5. The number of benzene rings is 1. The van der Waals surface area contributed by atoms with E-state index in [-0.39, 0.29) is 5.75 Å². The quantitative estimate of drug-likeness (QED) is 0.880. The van der Waals surface area contributed by atoms with Gasteiger partial charge in [0.25, 0.3) is 0 Å². The third-order valence-electron chi connectivity index (χ3n) is 2.18. The lowest BCUT2D eigenvalue weighted by Crippen LogP contribution is -2.05. The minimum atomic E-state index is -4.35. The zero-order valence-electron chi connectivity index (χ0n) is 9.64. The van der Waals surface area contributed by atoms with Gasteiger partial charge in [-0.05, 0) is 19.2 Å². The average molecular weight is 245 g/mol. The van der Waals surface area contributed by atoms with Crippen LogP contribution in [0.15, 0.2) is 24.3 Å². The normalized spacial score (nSPS) is 12.1. The van der Waals surface area contributed by atoms with Gasteiger partial charge in [0.1, 0.15) is 5.75 Å². The van der Waals surface area contributed by atoms with E-state index < -0.39 is 11.7 Å². The molecule has 0 atom stereocenters. The lowest BCUT2D eigenvalue weighted by atomic mass is 10.1. The summed E-state index contributed by atoms with van der Waals surface area (Å²) >= 11 is 0. The van der Waals surface area contributed by atoms with Crippen molar-refractivity contribution < 1.29 is 17.9 Å². The molecule has 0 fully saturated rings. The Morgan fingerprint density at radius 2 is 2.06 bits per heavy atom.